The topological polar surface area (TPSA) is 50.4 Å². The van der Waals surface area contributed by atoms with Gasteiger partial charge in [0.25, 0.3) is 0 Å². The average Bonchev–Trinajstić information content (AvgIpc) is 2.91. The van der Waals surface area contributed by atoms with E-state index in [4.69, 9.17) is 4.74 Å². The van der Waals surface area contributed by atoms with Gasteiger partial charge in [-0.15, -0.1) is 0 Å². The fourth-order valence-corrected chi connectivity index (χ4v) is 3.29. The van der Waals surface area contributed by atoms with Crippen molar-refractivity contribution >= 4 is 5.91 Å². The molecule has 2 fully saturated rings. The molecule has 1 amide bonds. The molecule has 1 saturated heterocycles. The zero-order chi connectivity index (χ0) is 15.9. The minimum absolute atomic E-state index is 0.126. The molecule has 4 nitrogen and oxygen atoms in total. The van der Waals surface area contributed by atoms with Gasteiger partial charge in [-0.05, 0) is 69.5 Å². The van der Waals surface area contributed by atoms with Crippen LogP contribution in [-0.4, -0.2) is 31.1 Å². The molecule has 1 aromatic carbocycles. The van der Waals surface area contributed by atoms with Gasteiger partial charge in [0.05, 0.1) is 5.54 Å². The van der Waals surface area contributed by atoms with Crippen molar-refractivity contribution in [1.82, 2.24) is 10.6 Å². The maximum Gasteiger partial charge on any atom is 0.224 e. The number of halogens is 1. The van der Waals surface area contributed by atoms with E-state index in [2.05, 4.69) is 10.6 Å². The van der Waals surface area contributed by atoms with Crippen molar-refractivity contribution in [1.29, 1.82) is 0 Å². The van der Waals surface area contributed by atoms with E-state index in [9.17, 15) is 9.18 Å². The van der Waals surface area contributed by atoms with Gasteiger partial charge in [0.2, 0.25) is 5.91 Å². The van der Waals surface area contributed by atoms with Crippen LogP contribution in [-0.2, 0) is 4.79 Å². The number of carbonyl (C=O) groups is 1. The van der Waals surface area contributed by atoms with Gasteiger partial charge in [-0.2, -0.15) is 0 Å². The van der Waals surface area contributed by atoms with Crippen LogP contribution in [0.4, 0.5) is 4.39 Å². The number of hydrogen-bond acceptors (Lipinski definition) is 3. The molecule has 1 aliphatic carbocycles. The Hall–Kier alpha value is -1.62. The molecular weight excluding hydrogens is 283 g/mol. The smallest absolute Gasteiger partial charge is 0.224 e. The maximum absolute atomic E-state index is 13.1. The molecule has 0 spiro atoms. The molecule has 1 saturated carbocycles. The highest BCUT2D eigenvalue weighted by Gasteiger charge is 2.57. The largest absolute Gasteiger partial charge is 0.491 e. The van der Waals surface area contributed by atoms with Crippen LogP contribution in [0.15, 0.2) is 18.2 Å². The van der Waals surface area contributed by atoms with Gasteiger partial charge in [0, 0.05) is 5.92 Å². The van der Waals surface area contributed by atoms with Crippen molar-refractivity contribution in [2.45, 2.75) is 26.3 Å². The molecule has 3 rings (SSSR count). The van der Waals surface area contributed by atoms with E-state index < -0.39 is 5.54 Å². The number of aryl methyl sites for hydroxylation is 1. The SMILES string of the molecule is Cc1cc(F)ccc1OCC(C)(C)NC(=O)C1[C@H]2CNC[C@@H]12. The van der Waals surface area contributed by atoms with E-state index >= 15 is 0 Å². The second-order valence-corrected chi connectivity index (χ2v) is 7.08. The molecular formula is C17H23FN2O2. The first-order valence-electron chi connectivity index (χ1n) is 7.79. The molecule has 2 aliphatic rings. The van der Waals surface area contributed by atoms with E-state index in [0.29, 0.717) is 24.2 Å². The zero-order valence-electron chi connectivity index (χ0n) is 13.3. The van der Waals surface area contributed by atoms with Gasteiger partial charge in [0.15, 0.2) is 0 Å². The Bertz CT molecular complexity index is 578. The molecule has 0 bridgehead atoms. The number of amides is 1. The summed E-state index contributed by atoms with van der Waals surface area (Å²) >= 11 is 0. The van der Waals surface area contributed by atoms with Gasteiger partial charge < -0.3 is 15.4 Å². The molecule has 1 aromatic rings. The van der Waals surface area contributed by atoms with Crippen molar-refractivity contribution in [3.05, 3.63) is 29.6 Å². The lowest BCUT2D eigenvalue weighted by molar-refractivity contribution is -0.125. The summed E-state index contributed by atoms with van der Waals surface area (Å²) in [5.41, 5.74) is 0.298. The fraction of sp³-hybridized carbons (Fsp3) is 0.588. The second-order valence-electron chi connectivity index (χ2n) is 7.08. The number of ether oxygens (including phenoxy) is 1. The minimum atomic E-state index is -0.456. The third-order valence-corrected chi connectivity index (χ3v) is 4.58. The van der Waals surface area contributed by atoms with Crippen LogP contribution in [0.3, 0.4) is 0 Å². The van der Waals surface area contributed by atoms with Crippen LogP contribution in [0.5, 0.6) is 5.75 Å². The van der Waals surface area contributed by atoms with Crippen molar-refractivity contribution in [3.8, 4) is 5.75 Å². The van der Waals surface area contributed by atoms with Crippen LogP contribution in [0.1, 0.15) is 19.4 Å². The maximum atomic E-state index is 13.1. The first-order chi connectivity index (χ1) is 10.4. The van der Waals surface area contributed by atoms with Gasteiger partial charge in [0.1, 0.15) is 18.2 Å². The number of hydrogen-bond donors (Lipinski definition) is 2. The summed E-state index contributed by atoms with van der Waals surface area (Å²) in [6, 6.07) is 4.45. The fourth-order valence-electron chi connectivity index (χ4n) is 3.29. The summed E-state index contributed by atoms with van der Waals surface area (Å²) in [5, 5.41) is 6.37. The molecule has 2 N–H and O–H groups in total. The molecule has 0 aromatic heterocycles. The third kappa shape index (κ3) is 3.09. The molecule has 3 atom stereocenters. The number of benzene rings is 1. The number of rotatable bonds is 5. The normalized spacial score (nSPS) is 26.5. The van der Waals surface area contributed by atoms with E-state index in [1.807, 2.05) is 20.8 Å². The molecule has 0 radical (unpaired) electrons. The number of nitrogens with one attached hydrogen (secondary N) is 2. The number of piperidine rings is 1. The highest BCUT2D eigenvalue weighted by molar-refractivity contribution is 5.83. The molecule has 1 aliphatic heterocycles. The van der Waals surface area contributed by atoms with Crippen molar-refractivity contribution in [2.24, 2.45) is 17.8 Å². The van der Waals surface area contributed by atoms with E-state index in [-0.39, 0.29) is 17.6 Å². The molecule has 1 heterocycles. The standard InChI is InChI=1S/C17H23FN2O2/c1-10-6-11(18)4-5-14(10)22-9-17(2,3)20-16(21)15-12-7-19-8-13(12)15/h4-6,12-13,15,19H,7-9H2,1-3H3,(H,20,21)/t12-,13+,15?. The lowest BCUT2D eigenvalue weighted by Crippen LogP contribution is -2.49. The van der Waals surface area contributed by atoms with E-state index in [1.165, 1.54) is 12.1 Å². The van der Waals surface area contributed by atoms with Crippen LogP contribution in [0.2, 0.25) is 0 Å². The predicted octanol–water partition coefficient (Wildman–Crippen LogP) is 1.87. The highest BCUT2D eigenvalue weighted by Crippen LogP contribution is 2.48. The second kappa shape index (κ2) is 5.54. The summed E-state index contributed by atoms with van der Waals surface area (Å²) in [5.74, 6) is 1.68. The molecule has 5 heteroatoms. The molecule has 1 unspecified atom stereocenters. The van der Waals surface area contributed by atoms with E-state index in [1.54, 1.807) is 6.07 Å². The monoisotopic (exact) mass is 306 g/mol. The molecule has 120 valence electrons. The third-order valence-electron chi connectivity index (χ3n) is 4.58. The Morgan fingerprint density at radius 1 is 1.41 bits per heavy atom. The Morgan fingerprint density at radius 3 is 2.73 bits per heavy atom. The summed E-state index contributed by atoms with van der Waals surface area (Å²) in [6.07, 6.45) is 0. The highest BCUT2D eigenvalue weighted by atomic mass is 19.1. The summed E-state index contributed by atoms with van der Waals surface area (Å²) in [4.78, 5) is 12.3. The van der Waals surface area contributed by atoms with E-state index in [0.717, 1.165) is 18.7 Å². The van der Waals surface area contributed by atoms with Crippen molar-refractivity contribution in [2.75, 3.05) is 19.7 Å². The lowest BCUT2D eigenvalue weighted by Gasteiger charge is -2.27. The first kappa shape index (κ1) is 15.3. The Labute approximate surface area is 130 Å². The summed E-state index contributed by atoms with van der Waals surface area (Å²) in [7, 11) is 0. The first-order valence-corrected chi connectivity index (χ1v) is 7.79. The number of fused-ring (bicyclic) bond motifs is 1. The van der Waals surface area contributed by atoms with Gasteiger partial charge in [-0.1, -0.05) is 0 Å². The van der Waals surface area contributed by atoms with Gasteiger partial charge >= 0.3 is 0 Å². The average molecular weight is 306 g/mol. The van der Waals surface area contributed by atoms with Gasteiger partial charge in [-0.3, -0.25) is 4.79 Å². The summed E-state index contributed by atoms with van der Waals surface area (Å²) in [6.45, 7) is 7.96. The number of carbonyl (C=O) groups excluding carboxylic acids is 1. The Balaban J connectivity index is 1.53. The van der Waals surface area contributed by atoms with Crippen molar-refractivity contribution in [3.63, 3.8) is 0 Å². The predicted molar refractivity (Wildman–Crippen MR) is 82.2 cm³/mol. The zero-order valence-corrected chi connectivity index (χ0v) is 13.3. The van der Waals surface area contributed by atoms with Gasteiger partial charge in [-0.25, -0.2) is 4.39 Å². The van der Waals surface area contributed by atoms with Crippen LogP contribution < -0.4 is 15.4 Å². The minimum Gasteiger partial charge on any atom is -0.491 e. The van der Waals surface area contributed by atoms with Crippen molar-refractivity contribution < 1.29 is 13.9 Å². The summed E-state index contributed by atoms with van der Waals surface area (Å²) < 4.78 is 18.8. The van der Waals surface area contributed by atoms with Crippen LogP contribution in [0.25, 0.3) is 0 Å². The van der Waals surface area contributed by atoms with Crippen LogP contribution in [0, 0.1) is 30.5 Å². The van der Waals surface area contributed by atoms with Crippen LogP contribution >= 0.6 is 0 Å². The quantitative estimate of drug-likeness (QED) is 0.873. The molecule has 22 heavy (non-hydrogen) atoms. The Morgan fingerprint density at radius 2 is 2.09 bits per heavy atom. The lowest BCUT2D eigenvalue weighted by atomic mass is 10.1. The Kier molecular flexibility index (Phi) is 3.85.